The van der Waals surface area contributed by atoms with Crippen LogP contribution in [0, 0.1) is 0 Å². The first-order chi connectivity index (χ1) is 9.82. The molecule has 24 heavy (non-hydrogen) atoms. The van der Waals surface area contributed by atoms with E-state index in [1.807, 2.05) is 18.2 Å². The molecule has 0 heterocycles. The summed E-state index contributed by atoms with van der Waals surface area (Å²) in [6, 6.07) is 31.1. The predicted octanol–water partition coefficient (Wildman–Crippen LogP) is 5.66. The van der Waals surface area contributed by atoms with Crippen molar-refractivity contribution in [1.29, 1.82) is 0 Å². The maximum absolute atomic E-state index is 6.95. The Balaban J connectivity index is 0. The summed E-state index contributed by atoms with van der Waals surface area (Å²) in [5.74, 6) is 0. The average molecular weight is 354 g/mol. The van der Waals surface area contributed by atoms with Gasteiger partial charge >= 0.3 is 0 Å². The van der Waals surface area contributed by atoms with Gasteiger partial charge in [-0.1, -0.05) is 91.0 Å². The van der Waals surface area contributed by atoms with Crippen molar-refractivity contribution in [3.8, 4) is 0 Å². The van der Waals surface area contributed by atoms with Gasteiger partial charge in [0.2, 0.25) is 0 Å². The Kier molecular flexibility index (Phi) is 10.6. The molecule has 0 N–H and O–H groups in total. The number of halogens is 4. The van der Waals surface area contributed by atoms with Gasteiger partial charge in [-0.3, -0.25) is 18.8 Å². The highest BCUT2D eigenvalue weighted by Gasteiger charge is 2.24. The van der Waals surface area contributed by atoms with E-state index in [-0.39, 0.29) is 18.8 Å². The molecule has 3 rings (SSSR count). The van der Waals surface area contributed by atoms with Crippen molar-refractivity contribution in [3.63, 3.8) is 0 Å². The highest BCUT2D eigenvalue weighted by atomic mass is 32.3. The Labute approximate surface area is 142 Å². The fourth-order valence-electron chi connectivity index (χ4n) is 2.31. The first kappa shape index (κ1) is 24.1. The van der Waals surface area contributed by atoms with Crippen LogP contribution in [0.25, 0.3) is 0 Å². The first-order valence-corrected chi connectivity index (χ1v) is 8.28. The molecule has 0 amide bonds. The lowest BCUT2D eigenvalue weighted by molar-refractivity contribution is 1.11. The molecule has 0 atom stereocenters. The molecular formula is C18H19BF4S. The van der Waals surface area contributed by atoms with Gasteiger partial charge in [-0.25, -0.2) is 9.88 Å². The van der Waals surface area contributed by atoms with Crippen LogP contribution in [-0.2, 0) is 0 Å². The Morgan fingerprint density at radius 1 is 0.417 bits per heavy atom. The Bertz CT molecular complexity index is 584. The van der Waals surface area contributed by atoms with Crippen LogP contribution >= 0.6 is 9.88 Å². The molecule has 6 heteroatoms. The SMILES string of the molecule is F.F.F.F.[B]S(c1ccccc1)(c1ccccc1)c1ccccc1. The van der Waals surface area contributed by atoms with E-state index in [0.717, 1.165) is 0 Å². The molecule has 128 valence electrons. The average Bonchev–Trinajstić information content (AvgIpc) is 2.56. The summed E-state index contributed by atoms with van der Waals surface area (Å²) in [7, 11) is 5.27. The van der Waals surface area contributed by atoms with Gasteiger partial charge in [0.25, 0.3) is 0 Å². The minimum absolute atomic E-state index is 0. The van der Waals surface area contributed by atoms with Crippen LogP contribution in [0.1, 0.15) is 0 Å². The van der Waals surface area contributed by atoms with Gasteiger partial charge in [-0.15, -0.1) is 0 Å². The van der Waals surface area contributed by atoms with Crippen LogP contribution in [0.5, 0.6) is 0 Å². The molecule has 0 fully saturated rings. The summed E-state index contributed by atoms with van der Waals surface area (Å²) in [5, 5.41) is 0. The van der Waals surface area contributed by atoms with Gasteiger partial charge in [0.05, 0.1) is 0 Å². The molecule has 0 nitrogen and oxygen atoms in total. The van der Waals surface area contributed by atoms with E-state index < -0.39 is 9.88 Å². The van der Waals surface area contributed by atoms with Gasteiger partial charge in [-0.2, -0.15) is 0 Å². The van der Waals surface area contributed by atoms with E-state index in [1.165, 1.54) is 14.7 Å². The van der Waals surface area contributed by atoms with Crippen LogP contribution in [0.4, 0.5) is 18.8 Å². The fourth-order valence-corrected chi connectivity index (χ4v) is 4.89. The van der Waals surface area contributed by atoms with Gasteiger partial charge in [-0.05, 0) is 14.7 Å². The zero-order chi connectivity index (χ0) is 13.8. The molecule has 3 aromatic carbocycles. The third kappa shape index (κ3) is 4.42. The van der Waals surface area contributed by atoms with Crippen molar-refractivity contribution in [2.75, 3.05) is 0 Å². The van der Waals surface area contributed by atoms with Crippen LogP contribution < -0.4 is 0 Å². The third-order valence-electron chi connectivity index (χ3n) is 3.34. The minimum Gasteiger partial charge on any atom is -0.269 e. The van der Waals surface area contributed by atoms with Crippen molar-refractivity contribution in [2.24, 2.45) is 0 Å². The second-order valence-corrected chi connectivity index (χ2v) is 7.33. The molecule has 0 aromatic heterocycles. The second-order valence-electron chi connectivity index (χ2n) is 4.60. The number of hydrogen-bond acceptors (Lipinski definition) is 0. The number of benzene rings is 3. The molecule has 0 spiro atoms. The first-order valence-electron chi connectivity index (χ1n) is 6.58. The van der Waals surface area contributed by atoms with E-state index >= 15 is 0 Å². The molecule has 0 aliphatic heterocycles. The monoisotopic (exact) mass is 354 g/mol. The summed E-state index contributed by atoms with van der Waals surface area (Å²) in [4.78, 5) is 3.53. The molecule has 0 saturated carbocycles. The Hall–Kier alpha value is -2.21. The largest absolute Gasteiger partial charge is 0.269 e. The molecule has 0 saturated heterocycles. The van der Waals surface area contributed by atoms with Crippen LogP contribution in [0.2, 0.25) is 0 Å². The molecule has 3 aromatic rings. The topological polar surface area (TPSA) is 0 Å². The smallest absolute Gasteiger partial charge is 0.156 e. The van der Waals surface area contributed by atoms with Gasteiger partial charge in [0.15, 0.2) is 7.12 Å². The van der Waals surface area contributed by atoms with Crippen molar-refractivity contribution in [3.05, 3.63) is 91.0 Å². The van der Waals surface area contributed by atoms with E-state index in [4.69, 9.17) is 7.12 Å². The summed E-state index contributed by atoms with van der Waals surface area (Å²) < 4.78 is 0. The van der Waals surface area contributed by atoms with Gasteiger partial charge < -0.3 is 0 Å². The summed E-state index contributed by atoms with van der Waals surface area (Å²) >= 11 is 0. The highest BCUT2D eigenvalue weighted by molar-refractivity contribution is 8.50. The Morgan fingerprint density at radius 3 is 0.833 bits per heavy atom. The van der Waals surface area contributed by atoms with E-state index in [2.05, 4.69) is 72.8 Å². The maximum atomic E-state index is 6.95. The third-order valence-corrected chi connectivity index (χ3v) is 6.39. The molecule has 0 aliphatic carbocycles. The second kappa shape index (κ2) is 10.5. The van der Waals surface area contributed by atoms with Crippen molar-refractivity contribution in [2.45, 2.75) is 14.7 Å². The number of rotatable bonds is 3. The molecule has 0 unspecified atom stereocenters. The fraction of sp³-hybridized carbons (Fsp3) is 0. The van der Waals surface area contributed by atoms with Crippen LogP contribution in [0.15, 0.2) is 106 Å². The van der Waals surface area contributed by atoms with Gasteiger partial charge in [0, 0.05) is 0 Å². The maximum Gasteiger partial charge on any atom is 0.156 e. The molecular weight excluding hydrogens is 335 g/mol. The number of hydrogen-bond donors (Lipinski definition) is 0. The molecule has 0 bridgehead atoms. The van der Waals surface area contributed by atoms with E-state index in [1.54, 1.807) is 0 Å². The van der Waals surface area contributed by atoms with Crippen molar-refractivity contribution >= 4 is 17.0 Å². The standard InChI is InChI=1S/C18H15BS.4FH/c19-20(16-10-4-1-5-11-16,17-12-6-2-7-13-17)18-14-8-3-9-15-18;;;;/h1-15H;4*1H. The summed E-state index contributed by atoms with van der Waals surface area (Å²) in [5.41, 5.74) is 0. The van der Waals surface area contributed by atoms with E-state index in [9.17, 15) is 0 Å². The summed E-state index contributed by atoms with van der Waals surface area (Å²) in [6.07, 6.45) is 0. The lowest BCUT2D eigenvalue weighted by Crippen LogP contribution is -2.02. The zero-order valence-corrected chi connectivity index (χ0v) is 13.6. The molecule has 2 radical (unpaired) electrons. The molecule has 0 aliphatic rings. The minimum atomic E-state index is -1.68. The highest BCUT2D eigenvalue weighted by Crippen LogP contribution is 2.64. The van der Waals surface area contributed by atoms with Crippen LogP contribution in [0.3, 0.4) is 0 Å². The summed E-state index contributed by atoms with van der Waals surface area (Å²) in [6.45, 7) is 0. The zero-order valence-electron chi connectivity index (χ0n) is 12.8. The van der Waals surface area contributed by atoms with Crippen molar-refractivity contribution < 1.29 is 18.8 Å². The Morgan fingerprint density at radius 2 is 0.625 bits per heavy atom. The predicted molar refractivity (Wildman–Crippen MR) is 97.5 cm³/mol. The normalized spacial score (nSPS) is 10.0. The van der Waals surface area contributed by atoms with Crippen molar-refractivity contribution in [1.82, 2.24) is 0 Å². The van der Waals surface area contributed by atoms with E-state index in [0.29, 0.717) is 0 Å². The van der Waals surface area contributed by atoms with Gasteiger partial charge in [0.1, 0.15) is 0 Å². The lowest BCUT2D eigenvalue weighted by atomic mass is 10.4. The quantitative estimate of drug-likeness (QED) is 0.420. The lowest BCUT2D eigenvalue weighted by Gasteiger charge is -2.38. The van der Waals surface area contributed by atoms with Crippen LogP contribution in [-0.4, -0.2) is 7.12 Å².